The number of para-hydroxylation sites is 4. The lowest BCUT2D eigenvalue weighted by molar-refractivity contribution is 1.27. The molecular weight excluding hydrogens is 643 g/mol. The fourth-order valence-electron chi connectivity index (χ4n) is 9.90. The minimum Gasteiger partial charge on any atom is -0.308 e. The maximum atomic E-state index is 2.58. The van der Waals surface area contributed by atoms with Crippen molar-refractivity contribution in [3.8, 4) is 0 Å². The maximum absolute atomic E-state index is 2.58. The lowest BCUT2D eigenvalue weighted by atomic mass is 9.98. The number of hydrogen-bond donors (Lipinski definition) is 0. The van der Waals surface area contributed by atoms with Gasteiger partial charge in [-0.25, -0.2) is 0 Å². The highest BCUT2D eigenvalue weighted by atomic mass is 15.2. The van der Waals surface area contributed by atoms with E-state index < -0.39 is 0 Å². The Morgan fingerprint density at radius 3 is 1.42 bits per heavy atom. The molecular formula is C50H29N3. The zero-order valence-corrected chi connectivity index (χ0v) is 28.6. The molecule has 0 aliphatic carbocycles. The first-order valence-electron chi connectivity index (χ1n) is 18.4. The van der Waals surface area contributed by atoms with Crippen molar-refractivity contribution in [2.75, 3.05) is 4.90 Å². The fourth-order valence-corrected chi connectivity index (χ4v) is 9.90. The van der Waals surface area contributed by atoms with Gasteiger partial charge in [0.2, 0.25) is 0 Å². The largest absolute Gasteiger partial charge is 0.308 e. The highest BCUT2D eigenvalue weighted by Crippen LogP contribution is 2.51. The summed E-state index contributed by atoms with van der Waals surface area (Å²) in [6.45, 7) is 0. The Morgan fingerprint density at radius 2 is 0.755 bits per heavy atom. The van der Waals surface area contributed by atoms with Gasteiger partial charge >= 0.3 is 0 Å². The monoisotopic (exact) mass is 671 g/mol. The average Bonchev–Trinajstić information content (AvgIpc) is 3.95. The second kappa shape index (κ2) is 9.81. The topological polar surface area (TPSA) is 12.1 Å². The summed E-state index contributed by atoms with van der Waals surface area (Å²) in [6, 6.07) is 64.9. The molecule has 0 saturated heterocycles. The molecule has 13 aromatic rings. The predicted octanol–water partition coefficient (Wildman–Crippen LogP) is 13.8. The van der Waals surface area contributed by atoms with E-state index in [-0.39, 0.29) is 0 Å². The molecule has 0 bridgehead atoms. The summed E-state index contributed by atoms with van der Waals surface area (Å²) in [5, 5.41) is 15.6. The Balaban J connectivity index is 1.25. The molecule has 0 atom stereocenters. The Labute approximate surface area is 303 Å². The average molecular weight is 672 g/mol. The summed E-state index contributed by atoms with van der Waals surface area (Å²) in [7, 11) is 0. The van der Waals surface area contributed by atoms with Crippen LogP contribution in [-0.2, 0) is 0 Å². The molecule has 0 fully saturated rings. The summed E-state index contributed by atoms with van der Waals surface area (Å²) in [5.41, 5.74) is 11.0. The molecule has 0 N–H and O–H groups in total. The molecule has 0 amide bonds. The van der Waals surface area contributed by atoms with Crippen LogP contribution in [0.25, 0.3) is 97.7 Å². The third-order valence-corrected chi connectivity index (χ3v) is 11.9. The van der Waals surface area contributed by atoms with Gasteiger partial charge in [0.1, 0.15) is 0 Å². The van der Waals surface area contributed by atoms with E-state index in [1.165, 1.54) is 97.7 Å². The van der Waals surface area contributed by atoms with Crippen molar-refractivity contribution in [2.24, 2.45) is 0 Å². The third kappa shape index (κ3) is 3.36. The van der Waals surface area contributed by atoms with Crippen LogP contribution < -0.4 is 4.90 Å². The van der Waals surface area contributed by atoms with Crippen molar-refractivity contribution in [1.29, 1.82) is 0 Å². The first-order chi connectivity index (χ1) is 26.3. The molecule has 53 heavy (non-hydrogen) atoms. The summed E-state index contributed by atoms with van der Waals surface area (Å²) in [6.07, 6.45) is 0. The van der Waals surface area contributed by atoms with Crippen LogP contribution >= 0.6 is 0 Å². The van der Waals surface area contributed by atoms with Crippen molar-refractivity contribution >= 4 is 115 Å². The molecule has 3 heteroatoms. The van der Waals surface area contributed by atoms with Gasteiger partial charge in [0.25, 0.3) is 0 Å². The Hall–Kier alpha value is -7.10. The van der Waals surface area contributed by atoms with Gasteiger partial charge in [0.15, 0.2) is 0 Å². The van der Waals surface area contributed by atoms with Crippen molar-refractivity contribution < 1.29 is 0 Å². The fraction of sp³-hybridized carbons (Fsp3) is 0. The van der Waals surface area contributed by atoms with Gasteiger partial charge in [-0.1, -0.05) is 127 Å². The summed E-state index contributed by atoms with van der Waals surface area (Å²) in [4.78, 5) is 2.44. The van der Waals surface area contributed by atoms with E-state index in [1.54, 1.807) is 0 Å². The van der Waals surface area contributed by atoms with Gasteiger partial charge in [0, 0.05) is 54.5 Å². The van der Waals surface area contributed by atoms with Gasteiger partial charge in [-0.2, -0.15) is 0 Å². The Morgan fingerprint density at radius 1 is 0.302 bits per heavy atom. The van der Waals surface area contributed by atoms with Crippen molar-refractivity contribution in [3.63, 3.8) is 0 Å². The van der Waals surface area contributed by atoms with E-state index in [0.717, 1.165) is 17.1 Å². The van der Waals surface area contributed by atoms with E-state index in [2.05, 4.69) is 190 Å². The Bertz CT molecular complexity index is 3570. The molecule has 0 aliphatic heterocycles. The van der Waals surface area contributed by atoms with E-state index in [1.807, 2.05) is 0 Å². The van der Waals surface area contributed by atoms with Crippen LogP contribution in [0.1, 0.15) is 0 Å². The van der Waals surface area contributed by atoms with E-state index in [0.29, 0.717) is 0 Å². The summed E-state index contributed by atoms with van der Waals surface area (Å²) >= 11 is 0. The molecule has 0 aliphatic rings. The molecule has 0 unspecified atom stereocenters. The van der Waals surface area contributed by atoms with Crippen molar-refractivity contribution in [3.05, 3.63) is 176 Å². The number of anilines is 3. The maximum Gasteiger partial charge on any atom is 0.0789 e. The predicted molar refractivity (Wildman–Crippen MR) is 225 cm³/mol. The van der Waals surface area contributed by atoms with E-state index >= 15 is 0 Å². The summed E-state index contributed by atoms with van der Waals surface area (Å²) < 4.78 is 5.11. The quantitative estimate of drug-likeness (QED) is 0.182. The standard InChI is InChI=1S/C50H29N3/c1-3-15-32(16-4-1)51(33-17-5-2-6-18-33)43-29-31-14-8-10-20-35(31)45-37-22-12-24-39-47-42(53(49(37)39)50(43)45)28-27-41-46(47)38-23-11-21-36-44-34-19-9-7-13-30(34)25-26-40(44)52(41)48(36)38/h1-29H. The SMILES string of the molecule is c1ccc(N(c2ccccc2)c2cc3ccccc3c3c4cccc5c6c7c8cccc9c%10c%11ccccc%11ccc%10n(c7ccc6n(c23)c54)c98)cc1. The van der Waals surface area contributed by atoms with Crippen LogP contribution in [0.15, 0.2) is 176 Å². The first kappa shape index (κ1) is 27.6. The number of nitrogens with zero attached hydrogens (tertiary/aromatic N) is 3. The van der Waals surface area contributed by atoms with Crippen molar-refractivity contribution in [1.82, 2.24) is 8.80 Å². The molecule has 244 valence electrons. The zero-order chi connectivity index (χ0) is 34.4. The van der Waals surface area contributed by atoms with Crippen LogP contribution in [0.5, 0.6) is 0 Å². The summed E-state index contributed by atoms with van der Waals surface area (Å²) in [5.74, 6) is 0. The smallest absolute Gasteiger partial charge is 0.0789 e. The molecule has 9 aromatic carbocycles. The second-order valence-corrected chi connectivity index (χ2v) is 14.5. The minimum absolute atomic E-state index is 1.13. The van der Waals surface area contributed by atoms with Gasteiger partial charge in [-0.3, -0.25) is 0 Å². The normalized spacial score (nSPS) is 12.5. The van der Waals surface area contributed by atoms with Crippen LogP contribution in [0.4, 0.5) is 17.1 Å². The van der Waals surface area contributed by atoms with E-state index in [9.17, 15) is 0 Å². The number of fused-ring (bicyclic) bond motifs is 17. The Kier molecular flexibility index (Phi) is 5.11. The lowest BCUT2D eigenvalue weighted by Gasteiger charge is -2.27. The second-order valence-electron chi connectivity index (χ2n) is 14.5. The van der Waals surface area contributed by atoms with Gasteiger partial charge in [-0.05, 0) is 70.1 Å². The zero-order valence-electron chi connectivity index (χ0n) is 28.6. The first-order valence-corrected chi connectivity index (χ1v) is 18.4. The van der Waals surface area contributed by atoms with Gasteiger partial charge in [-0.15, -0.1) is 0 Å². The van der Waals surface area contributed by atoms with Gasteiger partial charge < -0.3 is 13.7 Å². The lowest BCUT2D eigenvalue weighted by Crippen LogP contribution is -2.11. The molecule has 0 saturated carbocycles. The number of benzene rings is 9. The van der Waals surface area contributed by atoms with Crippen LogP contribution in [-0.4, -0.2) is 8.80 Å². The molecule has 4 heterocycles. The number of rotatable bonds is 3. The number of hydrogen-bond acceptors (Lipinski definition) is 1. The molecule has 0 radical (unpaired) electrons. The van der Waals surface area contributed by atoms with Crippen LogP contribution in [0, 0.1) is 0 Å². The highest BCUT2D eigenvalue weighted by Gasteiger charge is 2.27. The van der Waals surface area contributed by atoms with Crippen LogP contribution in [0.3, 0.4) is 0 Å². The molecule has 0 spiro atoms. The molecule has 4 aromatic heterocycles. The molecule has 3 nitrogen and oxygen atoms in total. The minimum atomic E-state index is 1.13. The van der Waals surface area contributed by atoms with E-state index in [4.69, 9.17) is 0 Å². The molecule has 13 rings (SSSR count). The third-order valence-electron chi connectivity index (χ3n) is 11.9. The number of aromatic nitrogens is 2. The van der Waals surface area contributed by atoms with Crippen molar-refractivity contribution in [2.45, 2.75) is 0 Å². The van der Waals surface area contributed by atoms with Gasteiger partial charge in [0.05, 0.1) is 38.8 Å². The van der Waals surface area contributed by atoms with Crippen LogP contribution in [0.2, 0.25) is 0 Å². The highest BCUT2D eigenvalue weighted by molar-refractivity contribution is 6.38.